The van der Waals surface area contributed by atoms with E-state index in [1.165, 1.54) is 12.4 Å². The molecule has 0 aromatic carbocycles. The highest BCUT2D eigenvalue weighted by Gasteiger charge is 2.28. The van der Waals surface area contributed by atoms with Crippen molar-refractivity contribution in [2.75, 3.05) is 0 Å². The quantitative estimate of drug-likeness (QED) is 0.715. The summed E-state index contributed by atoms with van der Waals surface area (Å²) in [6.07, 6.45) is 2.92. The van der Waals surface area contributed by atoms with E-state index in [1.54, 1.807) is 0 Å². The maximum absolute atomic E-state index is 11.7. The lowest BCUT2D eigenvalue weighted by atomic mass is 10.1. The fourth-order valence-corrected chi connectivity index (χ4v) is 1.59. The molecule has 0 saturated carbocycles. The van der Waals surface area contributed by atoms with Crippen LogP contribution in [-0.2, 0) is 9.59 Å². The van der Waals surface area contributed by atoms with Gasteiger partial charge in [-0.25, -0.2) is 9.97 Å². The van der Waals surface area contributed by atoms with Crippen molar-refractivity contribution in [3.63, 3.8) is 0 Å². The number of nitrogens with zero attached hydrogens (tertiary/aromatic N) is 2. The Morgan fingerprint density at radius 2 is 2.17 bits per heavy atom. The van der Waals surface area contributed by atoms with E-state index in [4.69, 9.17) is 11.6 Å². The number of rotatable bonds is 2. The highest BCUT2D eigenvalue weighted by Crippen LogP contribution is 2.06. The normalized spacial score (nSPS) is 19.3. The largest absolute Gasteiger partial charge is 0.339 e. The Bertz CT molecular complexity index is 502. The van der Waals surface area contributed by atoms with Crippen LogP contribution in [0.3, 0.4) is 0 Å². The third kappa shape index (κ3) is 2.80. The molecule has 1 aromatic heterocycles. The third-order valence-electron chi connectivity index (χ3n) is 2.40. The van der Waals surface area contributed by atoms with Gasteiger partial charge in [0.25, 0.3) is 5.91 Å². The topological polar surface area (TPSA) is 101 Å². The molecule has 1 atom stereocenters. The molecular formula is C10H9ClN4O3. The zero-order valence-corrected chi connectivity index (χ0v) is 9.90. The zero-order chi connectivity index (χ0) is 13.1. The maximum atomic E-state index is 11.7. The van der Waals surface area contributed by atoms with Gasteiger partial charge in [0.15, 0.2) is 0 Å². The minimum atomic E-state index is -0.729. The number of halogens is 1. The van der Waals surface area contributed by atoms with Crippen molar-refractivity contribution < 1.29 is 14.4 Å². The molecule has 1 aliphatic rings. The summed E-state index contributed by atoms with van der Waals surface area (Å²) < 4.78 is 0. The number of carbonyl (C=O) groups is 3. The van der Waals surface area contributed by atoms with E-state index in [0.717, 1.165) is 0 Å². The predicted octanol–water partition coefficient (Wildman–Crippen LogP) is -0.335. The molecule has 1 fully saturated rings. The molecule has 2 N–H and O–H groups in total. The first-order chi connectivity index (χ1) is 8.56. The molecule has 2 heterocycles. The molecular weight excluding hydrogens is 260 g/mol. The number of hydrogen-bond acceptors (Lipinski definition) is 5. The summed E-state index contributed by atoms with van der Waals surface area (Å²) in [5.74, 6) is -1.38. The summed E-state index contributed by atoms with van der Waals surface area (Å²) in [7, 11) is 0. The molecule has 1 unspecified atom stereocenters. The monoisotopic (exact) mass is 268 g/mol. The van der Waals surface area contributed by atoms with Crippen LogP contribution in [0.25, 0.3) is 0 Å². The van der Waals surface area contributed by atoms with Crippen LogP contribution >= 0.6 is 11.6 Å². The van der Waals surface area contributed by atoms with Crippen LogP contribution < -0.4 is 10.6 Å². The molecule has 18 heavy (non-hydrogen) atoms. The minimum absolute atomic E-state index is 0.0594. The van der Waals surface area contributed by atoms with Crippen LogP contribution in [0.4, 0.5) is 0 Å². The average Bonchev–Trinajstić information content (AvgIpc) is 2.33. The highest BCUT2D eigenvalue weighted by atomic mass is 35.5. The van der Waals surface area contributed by atoms with Gasteiger partial charge in [0, 0.05) is 6.42 Å². The number of imide groups is 1. The molecule has 8 heteroatoms. The molecule has 3 amide bonds. The third-order valence-corrected chi connectivity index (χ3v) is 2.59. The molecule has 1 aromatic rings. The fourth-order valence-electron chi connectivity index (χ4n) is 1.49. The number of aromatic nitrogens is 2. The number of hydrogen-bond donors (Lipinski definition) is 2. The van der Waals surface area contributed by atoms with Gasteiger partial charge in [-0.1, -0.05) is 11.6 Å². The molecule has 0 bridgehead atoms. The first-order valence-corrected chi connectivity index (χ1v) is 5.56. The van der Waals surface area contributed by atoms with Gasteiger partial charge in [-0.3, -0.25) is 19.7 Å². The SMILES string of the molecule is O=C1CCC(NC(=O)c2cnc(Cl)cn2)C(=O)N1. The van der Waals surface area contributed by atoms with E-state index in [9.17, 15) is 14.4 Å². The van der Waals surface area contributed by atoms with Crippen LogP contribution in [0.5, 0.6) is 0 Å². The maximum Gasteiger partial charge on any atom is 0.272 e. The second kappa shape index (κ2) is 5.09. The molecule has 1 aliphatic heterocycles. The Labute approximate surface area is 107 Å². The van der Waals surface area contributed by atoms with Crippen LogP contribution in [0.2, 0.25) is 5.15 Å². The number of amides is 3. The van der Waals surface area contributed by atoms with Crippen molar-refractivity contribution in [3.8, 4) is 0 Å². The molecule has 7 nitrogen and oxygen atoms in total. The fraction of sp³-hybridized carbons (Fsp3) is 0.300. The van der Waals surface area contributed by atoms with Gasteiger partial charge in [0.05, 0.1) is 12.4 Å². The second-order valence-electron chi connectivity index (χ2n) is 3.70. The van der Waals surface area contributed by atoms with Gasteiger partial charge in [-0.2, -0.15) is 0 Å². The summed E-state index contributed by atoms with van der Waals surface area (Å²) >= 11 is 5.54. The Morgan fingerprint density at radius 1 is 1.39 bits per heavy atom. The Morgan fingerprint density at radius 3 is 2.78 bits per heavy atom. The van der Waals surface area contributed by atoms with Crippen molar-refractivity contribution in [3.05, 3.63) is 23.2 Å². The zero-order valence-electron chi connectivity index (χ0n) is 9.14. The summed E-state index contributed by atoms with van der Waals surface area (Å²) in [5.41, 5.74) is 0.0594. The number of piperidine rings is 1. The highest BCUT2D eigenvalue weighted by molar-refractivity contribution is 6.29. The van der Waals surface area contributed by atoms with E-state index in [1.807, 2.05) is 0 Å². The minimum Gasteiger partial charge on any atom is -0.339 e. The van der Waals surface area contributed by atoms with Crippen molar-refractivity contribution in [1.82, 2.24) is 20.6 Å². The average molecular weight is 269 g/mol. The lowest BCUT2D eigenvalue weighted by Gasteiger charge is -2.21. The van der Waals surface area contributed by atoms with E-state index in [2.05, 4.69) is 20.6 Å². The molecule has 0 aliphatic carbocycles. The summed E-state index contributed by atoms with van der Waals surface area (Å²) in [4.78, 5) is 41.6. The lowest BCUT2D eigenvalue weighted by Crippen LogP contribution is -2.52. The molecule has 94 valence electrons. The Hall–Kier alpha value is -2.02. The number of carbonyl (C=O) groups excluding carboxylic acids is 3. The van der Waals surface area contributed by atoms with Crippen molar-refractivity contribution in [2.45, 2.75) is 18.9 Å². The van der Waals surface area contributed by atoms with E-state index in [0.29, 0.717) is 0 Å². The Kier molecular flexibility index (Phi) is 3.52. The predicted molar refractivity (Wildman–Crippen MR) is 60.7 cm³/mol. The van der Waals surface area contributed by atoms with Gasteiger partial charge in [-0.05, 0) is 6.42 Å². The van der Waals surface area contributed by atoms with Crippen LogP contribution in [0.15, 0.2) is 12.4 Å². The first-order valence-electron chi connectivity index (χ1n) is 5.18. The van der Waals surface area contributed by atoms with Gasteiger partial charge < -0.3 is 5.32 Å². The lowest BCUT2D eigenvalue weighted by molar-refractivity contribution is -0.134. The molecule has 1 saturated heterocycles. The summed E-state index contributed by atoms with van der Waals surface area (Å²) in [6.45, 7) is 0. The van der Waals surface area contributed by atoms with Crippen LogP contribution in [-0.4, -0.2) is 33.7 Å². The van der Waals surface area contributed by atoms with Crippen LogP contribution in [0.1, 0.15) is 23.3 Å². The van der Waals surface area contributed by atoms with Crippen LogP contribution in [0, 0.1) is 0 Å². The van der Waals surface area contributed by atoms with Gasteiger partial charge in [0.1, 0.15) is 16.9 Å². The van der Waals surface area contributed by atoms with Gasteiger partial charge in [0.2, 0.25) is 11.8 Å². The first kappa shape index (κ1) is 12.4. The molecule has 0 radical (unpaired) electrons. The van der Waals surface area contributed by atoms with E-state index in [-0.39, 0.29) is 29.6 Å². The molecule has 2 rings (SSSR count). The van der Waals surface area contributed by atoms with Crippen molar-refractivity contribution in [1.29, 1.82) is 0 Å². The van der Waals surface area contributed by atoms with E-state index >= 15 is 0 Å². The van der Waals surface area contributed by atoms with E-state index < -0.39 is 17.9 Å². The molecule has 0 spiro atoms. The smallest absolute Gasteiger partial charge is 0.272 e. The summed E-state index contributed by atoms with van der Waals surface area (Å²) in [5, 5.41) is 4.80. The van der Waals surface area contributed by atoms with Gasteiger partial charge in [-0.15, -0.1) is 0 Å². The van der Waals surface area contributed by atoms with Gasteiger partial charge >= 0.3 is 0 Å². The second-order valence-corrected chi connectivity index (χ2v) is 4.09. The Balaban J connectivity index is 2.01. The van der Waals surface area contributed by atoms with Crippen molar-refractivity contribution >= 4 is 29.3 Å². The van der Waals surface area contributed by atoms with Crippen molar-refractivity contribution in [2.24, 2.45) is 0 Å². The number of nitrogens with one attached hydrogen (secondary N) is 2. The summed E-state index contributed by atoms with van der Waals surface area (Å²) in [6, 6.07) is -0.729. The standard InChI is InChI=1S/C10H9ClN4O3/c11-7-4-12-6(3-13-7)10(18)14-5-1-2-8(16)15-9(5)17/h3-5H,1-2H2,(H,14,18)(H,15,16,17).